The van der Waals surface area contributed by atoms with E-state index >= 15 is 0 Å². The highest BCUT2D eigenvalue weighted by Gasteiger charge is 2.04. The lowest BCUT2D eigenvalue weighted by atomic mass is 10.1. The van der Waals surface area contributed by atoms with Gasteiger partial charge in [-0.1, -0.05) is 71.1 Å². The molecule has 0 spiro atoms. The number of ether oxygens (including phenoxy) is 2. The lowest BCUT2D eigenvalue weighted by Gasteiger charge is -2.11. The minimum Gasteiger partial charge on any atom is -0.394 e. The fourth-order valence-corrected chi connectivity index (χ4v) is 3.87. The predicted molar refractivity (Wildman–Crippen MR) is 112 cm³/mol. The summed E-state index contributed by atoms with van der Waals surface area (Å²) in [5.41, 5.74) is 0. The maximum Gasteiger partial charge on any atom is 0.0892 e. The minimum absolute atomic E-state index is 0.00519. The average molecular weight is 377 g/mol. The molecule has 152 valence electrons. The highest BCUT2D eigenvalue weighted by atomic mass is 32.2. The lowest BCUT2D eigenvalue weighted by molar-refractivity contribution is 0.0656. The number of aliphatic hydroxyl groups excluding tert-OH is 1. The van der Waals surface area contributed by atoms with E-state index in [1.807, 2.05) is 11.8 Å². The van der Waals surface area contributed by atoms with Crippen LogP contribution >= 0.6 is 11.8 Å². The van der Waals surface area contributed by atoms with E-state index in [0.29, 0.717) is 0 Å². The highest BCUT2D eigenvalue weighted by Crippen LogP contribution is 2.11. The molecule has 0 aromatic heterocycles. The Morgan fingerprint density at radius 1 is 0.760 bits per heavy atom. The Bertz CT molecular complexity index is 235. The van der Waals surface area contributed by atoms with Crippen molar-refractivity contribution in [3.8, 4) is 0 Å². The summed E-state index contributed by atoms with van der Waals surface area (Å²) in [5, 5.41) is 9.01. The Balaban J connectivity index is 3.03. The summed E-state index contributed by atoms with van der Waals surface area (Å²) < 4.78 is 10.9. The second-order valence-electron chi connectivity index (χ2n) is 6.97. The second kappa shape index (κ2) is 22.3. The zero-order chi connectivity index (χ0) is 18.4. The molecule has 0 fully saturated rings. The standard InChI is InChI=1S/C21H44O3S/c1-3-4-5-6-7-8-9-10-11-13-16-24-17-14-12-15-18-25-20-21(19-22)23-2/h21-22H,3-20H2,1-2H3. The van der Waals surface area contributed by atoms with Crippen molar-refractivity contribution >= 4 is 11.8 Å². The van der Waals surface area contributed by atoms with Gasteiger partial charge in [0.05, 0.1) is 12.7 Å². The molecule has 0 aliphatic heterocycles. The molecule has 0 radical (unpaired) electrons. The zero-order valence-corrected chi connectivity index (χ0v) is 17.8. The quantitative estimate of drug-likeness (QED) is 0.256. The zero-order valence-electron chi connectivity index (χ0n) is 17.0. The maximum atomic E-state index is 9.01. The molecule has 0 aromatic carbocycles. The highest BCUT2D eigenvalue weighted by molar-refractivity contribution is 7.99. The van der Waals surface area contributed by atoms with Crippen LogP contribution in [0.5, 0.6) is 0 Å². The van der Waals surface area contributed by atoms with Crippen molar-refractivity contribution < 1.29 is 14.6 Å². The SMILES string of the molecule is CCCCCCCCCCCCOCCCCCSCC(CO)OC. The molecule has 0 rings (SSSR count). The molecule has 0 aliphatic rings. The van der Waals surface area contributed by atoms with E-state index in [1.54, 1.807) is 7.11 Å². The van der Waals surface area contributed by atoms with Gasteiger partial charge in [-0.15, -0.1) is 0 Å². The van der Waals surface area contributed by atoms with E-state index in [9.17, 15) is 0 Å². The number of thioether (sulfide) groups is 1. The molecule has 0 aliphatic carbocycles. The summed E-state index contributed by atoms with van der Waals surface area (Å²) in [6.07, 6.45) is 17.5. The molecular weight excluding hydrogens is 332 g/mol. The largest absolute Gasteiger partial charge is 0.394 e. The smallest absolute Gasteiger partial charge is 0.0892 e. The number of methoxy groups -OCH3 is 1. The number of hydrogen-bond donors (Lipinski definition) is 1. The normalized spacial score (nSPS) is 12.6. The van der Waals surface area contributed by atoms with Crippen molar-refractivity contribution in [2.75, 3.05) is 38.4 Å². The first kappa shape index (κ1) is 25.2. The molecule has 0 saturated carbocycles. The van der Waals surface area contributed by atoms with Crippen LogP contribution in [0, 0.1) is 0 Å². The molecule has 25 heavy (non-hydrogen) atoms. The van der Waals surface area contributed by atoms with Crippen molar-refractivity contribution in [2.24, 2.45) is 0 Å². The van der Waals surface area contributed by atoms with E-state index < -0.39 is 0 Å². The van der Waals surface area contributed by atoms with Gasteiger partial charge in [0, 0.05) is 26.1 Å². The molecule has 0 aromatic rings. The number of aliphatic hydroxyl groups is 1. The van der Waals surface area contributed by atoms with Crippen molar-refractivity contribution in [1.29, 1.82) is 0 Å². The van der Waals surface area contributed by atoms with Gasteiger partial charge in [0.1, 0.15) is 0 Å². The third-order valence-corrected chi connectivity index (χ3v) is 5.75. The molecule has 4 heteroatoms. The van der Waals surface area contributed by atoms with Crippen LogP contribution in [-0.4, -0.2) is 49.6 Å². The molecule has 0 heterocycles. The van der Waals surface area contributed by atoms with E-state index in [1.165, 1.54) is 83.5 Å². The molecule has 1 N–H and O–H groups in total. The van der Waals surface area contributed by atoms with E-state index in [-0.39, 0.29) is 12.7 Å². The Morgan fingerprint density at radius 2 is 1.28 bits per heavy atom. The van der Waals surface area contributed by atoms with Crippen LogP contribution in [0.25, 0.3) is 0 Å². The van der Waals surface area contributed by atoms with Crippen molar-refractivity contribution in [2.45, 2.75) is 96.5 Å². The Kier molecular flexibility index (Phi) is 22.5. The van der Waals surface area contributed by atoms with Gasteiger partial charge >= 0.3 is 0 Å². The molecule has 3 nitrogen and oxygen atoms in total. The number of unbranched alkanes of at least 4 members (excludes halogenated alkanes) is 11. The van der Waals surface area contributed by atoms with E-state index in [2.05, 4.69) is 6.92 Å². The molecule has 1 unspecified atom stereocenters. The first-order valence-electron chi connectivity index (χ1n) is 10.6. The van der Waals surface area contributed by atoms with Gasteiger partial charge in [-0.2, -0.15) is 11.8 Å². The third-order valence-electron chi connectivity index (χ3n) is 4.56. The fraction of sp³-hybridized carbons (Fsp3) is 1.00. The van der Waals surface area contributed by atoms with Crippen LogP contribution < -0.4 is 0 Å². The summed E-state index contributed by atoms with van der Waals surface area (Å²) in [7, 11) is 1.66. The predicted octanol–water partition coefficient (Wildman–Crippen LogP) is 5.83. The first-order chi connectivity index (χ1) is 12.3. The van der Waals surface area contributed by atoms with Crippen molar-refractivity contribution in [1.82, 2.24) is 0 Å². The van der Waals surface area contributed by atoms with Crippen molar-refractivity contribution in [3.63, 3.8) is 0 Å². The number of hydrogen-bond acceptors (Lipinski definition) is 4. The monoisotopic (exact) mass is 376 g/mol. The summed E-state index contributed by atoms with van der Waals surface area (Å²) in [6.45, 7) is 4.26. The molecule has 1 atom stereocenters. The van der Waals surface area contributed by atoms with Crippen LogP contribution in [0.15, 0.2) is 0 Å². The van der Waals surface area contributed by atoms with Gasteiger partial charge in [-0.05, 0) is 25.0 Å². The summed E-state index contributed by atoms with van der Waals surface area (Å²) in [6, 6.07) is 0. The third kappa shape index (κ3) is 20.4. The Labute approximate surface area is 161 Å². The number of rotatable bonds is 21. The van der Waals surface area contributed by atoms with Crippen LogP contribution in [0.4, 0.5) is 0 Å². The first-order valence-corrected chi connectivity index (χ1v) is 11.8. The minimum atomic E-state index is -0.00519. The second-order valence-corrected chi connectivity index (χ2v) is 8.12. The molecule has 0 amide bonds. The van der Waals surface area contributed by atoms with Crippen LogP contribution in [0.2, 0.25) is 0 Å². The molecule has 0 saturated heterocycles. The van der Waals surface area contributed by atoms with Crippen LogP contribution in [0.1, 0.15) is 90.4 Å². The fourth-order valence-electron chi connectivity index (χ4n) is 2.79. The summed E-state index contributed by atoms with van der Waals surface area (Å²) >= 11 is 1.87. The van der Waals surface area contributed by atoms with Gasteiger partial charge in [0.25, 0.3) is 0 Å². The summed E-state index contributed by atoms with van der Waals surface area (Å²) in [5.74, 6) is 2.04. The molecule has 0 bridgehead atoms. The van der Waals surface area contributed by atoms with E-state index in [4.69, 9.17) is 14.6 Å². The topological polar surface area (TPSA) is 38.7 Å². The Morgan fingerprint density at radius 3 is 1.80 bits per heavy atom. The lowest BCUT2D eigenvalue weighted by Crippen LogP contribution is -2.18. The Hall–Kier alpha value is 0.230. The van der Waals surface area contributed by atoms with Gasteiger partial charge < -0.3 is 14.6 Å². The van der Waals surface area contributed by atoms with Crippen LogP contribution in [0.3, 0.4) is 0 Å². The maximum absolute atomic E-state index is 9.01. The molecular formula is C21H44O3S. The summed E-state index contributed by atoms with van der Waals surface area (Å²) in [4.78, 5) is 0. The van der Waals surface area contributed by atoms with Gasteiger partial charge in [-0.25, -0.2) is 0 Å². The van der Waals surface area contributed by atoms with Gasteiger partial charge in [0.2, 0.25) is 0 Å². The van der Waals surface area contributed by atoms with E-state index in [0.717, 1.165) is 24.7 Å². The van der Waals surface area contributed by atoms with Gasteiger partial charge in [0.15, 0.2) is 0 Å². The van der Waals surface area contributed by atoms with Gasteiger partial charge in [-0.3, -0.25) is 0 Å². The van der Waals surface area contributed by atoms with Crippen molar-refractivity contribution in [3.05, 3.63) is 0 Å². The average Bonchev–Trinajstić information content (AvgIpc) is 2.64. The van der Waals surface area contributed by atoms with Crippen LogP contribution in [-0.2, 0) is 9.47 Å².